The maximum atomic E-state index is 12.1. The number of amides is 1. The van der Waals surface area contributed by atoms with Gasteiger partial charge in [-0.15, -0.1) is 0 Å². The molecule has 1 amide bonds. The molecule has 2 aromatic carbocycles. The van der Waals surface area contributed by atoms with Gasteiger partial charge >= 0.3 is 5.97 Å². The largest absolute Gasteiger partial charge is 0.480 e. The Labute approximate surface area is 141 Å². The van der Waals surface area contributed by atoms with E-state index in [1.807, 2.05) is 62.4 Å². The summed E-state index contributed by atoms with van der Waals surface area (Å²) < 4.78 is 0. The summed E-state index contributed by atoms with van der Waals surface area (Å²) in [6.07, 6.45) is -0.130. The zero-order valence-electron chi connectivity index (χ0n) is 13.9. The highest BCUT2D eigenvalue weighted by atomic mass is 16.4. The predicted octanol–water partition coefficient (Wildman–Crippen LogP) is 2.88. The topological polar surface area (TPSA) is 78.4 Å². The normalized spacial score (nSPS) is 11.8. The number of rotatable bonds is 7. The van der Waals surface area contributed by atoms with Gasteiger partial charge in [0.05, 0.1) is 6.42 Å². The number of nitrogens with one attached hydrogen (secondary N) is 2. The minimum Gasteiger partial charge on any atom is -0.480 e. The van der Waals surface area contributed by atoms with Crippen molar-refractivity contribution in [2.75, 3.05) is 5.32 Å². The molecule has 24 heavy (non-hydrogen) atoms. The minimum atomic E-state index is -1.04. The zero-order chi connectivity index (χ0) is 17.5. The number of anilines is 1. The Morgan fingerprint density at radius 2 is 1.67 bits per heavy atom. The second-order valence-corrected chi connectivity index (χ2v) is 5.89. The fraction of sp³-hybridized carbons (Fsp3) is 0.263. The number of aryl methyl sites for hydroxylation is 2. The molecule has 0 aliphatic heterocycles. The van der Waals surface area contributed by atoms with E-state index in [0.29, 0.717) is 12.2 Å². The Morgan fingerprint density at radius 3 is 2.25 bits per heavy atom. The molecule has 126 valence electrons. The smallest absolute Gasteiger partial charge is 0.321 e. The zero-order valence-corrected chi connectivity index (χ0v) is 13.9. The first-order valence-corrected chi connectivity index (χ1v) is 7.82. The van der Waals surface area contributed by atoms with E-state index >= 15 is 0 Å². The summed E-state index contributed by atoms with van der Waals surface area (Å²) >= 11 is 0. The molecule has 0 fully saturated rings. The molecule has 0 bridgehead atoms. The first kappa shape index (κ1) is 17.7. The summed E-state index contributed by atoms with van der Waals surface area (Å²) in [5.41, 5.74) is 3.74. The Morgan fingerprint density at radius 1 is 1.04 bits per heavy atom. The van der Waals surface area contributed by atoms with Gasteiger partial charge in [0.15, 0.2) is 0 Å². The van der Waals surface area contributed by atoms with Gasteiger partial charge in [-0.3, -0.25) is 14.9 Å². The van der Waals surface area contributed by atoms with Crippen molar-refractivity contribution in [3.63, 3.8) is 0 Å². The fourth-order valence-electron chi connectivity index (χ4n) is 2.53. The van der Waals surface area contributed by atoms with Gasteiger partial charge in [0.2, 0.25) is 5.91 Å². The fourth-order valence-corrected chi connectivity index (χ4v) is 2.53. The van der Waals surface area contributed by atoms with Crippen LogP contribution in [-0.4, -0.2) is 23.0 Å². The molecule has 0 aromatic heterocycles. The molecule has 0 radical (unpaired) electrons. The lowest BCUT2D eigenvalue weighted by Crippen LogP contribution is -2.39. The molecule has 5 nitrogen and oxygen atoms in total. The summed E-state index contributed by atoms with van der Waals surface area (Å²) in [6, 6.07) is 14.3. The van der Waals surface area contributed by atoms with Crippen molar-refractivity contribution in [1.29, 1.82) is 0 Å². The van der Waals surface area contributed by atoms with E-state index in [-0.39, 0.29) is 12.3 Å². The van der Waals surface area contributed by atoms with Gasteiger partial charge in [-0.05, 0) is 42.7 Å². The number of benzene rings is 2. The summed E-state index contributed by atoms with van der Waals surface area (Å²) in [5.74, 6) is -1.37. The summed E-state index contributed by atoms with van der Waals surface area (Å²) in [7, 11) is 0. The molecule has 1 unspecified atom stereocenters. The van der Waals surface area contributed by atoms with Crippen LogP contribution in [0.1, 0.15) is 23.1 Å². The van der Waals surface area contributed by atoms with E-state index in [1.54, 1.807) is 0 Å². The summed E-state index contributed by atoms with van der Waals surface area (Å²) in [6.45, 7) is 4.29. The molecule has 0 aliphatic carbocycles. The van der Waals surface area contributed by atoms with Crippen LogP contribution >= 0.6 is 0 Å². The van der Waals surface area contributed by atoms with Crippen molar-refractivity contribution in [2.24, 2.45) is 0 Å². The average molecular weight is 326 g/mol. The first-order chi connectivity index (χ1) is 11.4. The van der Waals surface area contributed by atoms with E-state index in [4.69, 9.17) is 0 Å². The Bertz CT molecular complexity index is 694. The standard InChI is InChI=1S/C19H22N2O3/c1-13-8-14(2)10-16(9-13)21-18(22)11-17(19(23)24)20-12-15-6-4-3-5-7-15/h3-10,17,20H,11-12H2,1-2H3,(H,21,22)(H,23,24). The predicted molar refractivity (Wildman–Crippen MR) is 93.9 cm³/mol. The number of carboxylic acid groups (broad SMARTS) is 1. The van der Waals surface area contributed by atoms with Crippen LogP contribution in [0.3, 0.4) is 0 Å². The molecule has 0 aliphatic rings. The third kappa shape index (κ3) is 5.52. The van der Waals surface area contributed by atoms with Gasteiger partial charge in [0.25, 0.3) is 0 Å². The highest BCUT2D eigenvalue weighted by Crippen LogP contribution is 2.14. The molecule has 0 heterocycles. The van der Waals surface area contributed by atoms with Gasteiger partial charge in [0, 0.05) is 12.2 Å². The quantitative estimate of drug-likeness (QED) is 0.731. The van der Waals surface area contributed by atoms with Crippen molar-refractivity contribution in [1.82, 2.24) is 5.32 Å². The number of hydrogen-bond donors (Lipinski definition) is 3. The van der Waals surface area contributed by atoms with Gasteiger partial charge in [-0.25, -0.2) is 0 Å². The van der Waals surface area contributed by atoms with E-state index in [2.05, 4.69) is 10.6 Å². The molecule has 0 spiro atoms. The Kier molecular flexibility index (Phi) is 6.09. The minimum absolute atomic E-state index is 0.130. The van der Waals surface area contributed by atoms with Crippen LogP contribution in [0.15, 0.2) is 48.5 Å². The maximum absolute atomic E-state index is 12.1. The van der Waals surface area contributed by atoms with E-state index in [1.165, 1.54) is 0 Å². The van der Waals surface area contributed by atoms with Gasteiger partial charge in [-0.1, -0.05) is 36.4 Å². The summed E-state index contributed by atoms with van der Waals surface area (Å²) in [4.78, 5) is 23.5. The second-order valence-electron chi connectivity index (χ2n) is 5.89. The van der Waals surface area contributed by atoms with Crippen LogP contribution in [0.2, 0.25) is 0 Å². The lowest BCUT2D eigenvalue weighted by atomic mass is 10.1. The second kappa shape index (κ2) is 8.26. The molecular formula is C19H22N2O3. The molecule has 0 saturated heterocycles. The number of aliphatic carboxylic acids is 1. The van der Waals surface area contributed by atoms with Crippen LogP contribution in [0.4, 0.5) is 5.69 Å². The third-order valence-electron chi connectivity index (χ3n) is 3.59. The number of carboxylic acids is 1. The van der Waals surface area contributed by atoms with Crippen molar-refractivity contribution in [3.8, 4) is 0 Å². The number of carbonyl (C=O) groups excluding carboxylic acids is 1. The third-order valence-corrected chi connectivity index (χ3v) is 3.59. The molecule has 3 N–H and O–H groups in total. The van der Waals surface area contributed by atoms with Gasteiger partial charge in [0.1, 0.15) is 6.04 Å². The Balaban J connectivity index is 1.94. The van der Waals surface area contributed by atoms with Crippen molar-refractivity contribution < 1.29 is 14.7 Å². The Hall–Kier alpha value is -2.66. The van der Waals surface area contributed by atoms with Gasteiger partial charge < -0.3 is 10.4 Å². The lowest BCUT2D eigenvalue weighted by Gasteiger charge is -2.15. The van der Waals surface area contributed by atoms with Gasteiger partial charge in [-0.2, -0.15) is 0 Å². The first-order valence-electron chi connectivity index (χ1n) is 7.82. The van der Waals surface area contributed by atoms with Crippen LogP contribution < -0.4 is 10.6 Å². The lowest BCUT2D eigenvalue weighted by molar-refractivity contribution is -0.141. The molecular weight excluding hydrogens is 304 g/mol. The van der Waals surface area contributed by atoms with E-state index in [0.717, 1.165) is 16.7 Å². The van der Waals surface area contributed by atoms with Crippen LogP contribution in [-0.2, 0) is 16.1 Å². The van der Waals surface area contributed by atoms with Crippen LogP contribution in [0.5, 0.6) is 0 Å². The van der Waals surface area contributed by atoms with Crippen LogP contribution in [0, 0.1) is 13.8 Å². The average Bonchev–Trinajstić information content (AvgIpc) is 2.51. The number of carbonyl (C=O) groups is 2. The van der Waals surface area contributed by atoms with E-state index in [9.17, 15) is 14.7 Å². The molecule has 5 heteroatoms. The summed E-state index contributed by atoms with van der Waals surface area (Å²) in [5, 5.41) is 15.0. The van der Waals surface area contributed by atoms with Crippen molar-refractivity contribution in [2.45, 2.75) is 32.9 Å². The highest BCUT2D eigenvalue weighted by Gasteiger charge is 2.20. The van der Waals surface area contributed by atoms with Crippen molar-refractivity contribution >= 4 is 17.6 Å². The maximum Gasteiger partial charge on any atom is 0.321 e. The molecule has 0 saturated carbocycles. The highest BCUT2D eigenvalue weighted by molar-refractivity contribution is 5.94. The molecule has 2 aromatic rings. The molecule has 2 rings (SSSR count). The van der Waals surface area contributed by atoms with Crippen LogP contribution in [0.25, 0.3) is 0 Å². The van der Waals surface area contributed by atoms with E-state index < -0.39 is 12.0 Å². The van der Waals surface area contributed by atoms with Crippen molar-refractivity contribution in [3.05, 3.63) is 65.2 Å². The molecule has 1 atom stereocenters. The monoisotopic (exact) mass is 326 g/mol. The number of hydrogen-bond acceptors (Lipinski definition) is 3. The SMILES string of the molecule is Cc1cc(C)cc(NC(=O)CC(NCc2ccccc2)C(=O)O)c1.